The third kappa shape index (κ3) is 3.84. The monoisotopic (exact) mass is 402 g/mol. The Balaban J connectivity index is 1.45. The van der Waals surface area contributed by atoms with Crippen LogP contribution in [0.1, 0.15) is 37.7 Å². The quantitative estimate of drug-likeness (QED) is 0.803. The van der Waals surface area contributed by atoms with E-state index in [1.165, 1.54) is 12.8 Å². The lowest BCUT2D eigenvalue weighted by molar-refractivity contribution is -0.129. The van der Waals surface area contributed by atoms with Crippen LogP contribution in [0.5, 0.6) is 0 Å². The summed E-state index contributed by atoms with van der Waals surface area (Å²) in [5.41, 5.74) is 1.37. The Morgan fingerprint density at radius 3 is 2.75 bits per heavy atom. The first-order valence-electron chi connectivity index (χ1n) is 9.84. The van der Waals surface area contributed by atoms with Crippen LogP contribution in [0, 0.1) is 12.8 Å². The molecular weight excluding hydrogens is 376 g/mol. The van der Waals surface area contributed by atoms with Crippen molar-refractivity contribution in [2.24, 2.45) is 5.92 Å². The number of hydrogen-bond acceptors (Lipinski definition) is 4. The summed E-state index contributed by atoms with van der Waals surface area (Å²) in [6.07, 6.45) is 8.35. The van der Waals surface area contributed by atoms with Crippen LogP contribution in [0.2, 0.25) is 0 Å². The van der Waals surface area contributed by atoms with Gasteiger partial charge in [0, 0.05) is 37.9 Å². The first-order valence-corrected chi connectivity index (χ1v) is 11.3. The van der Waals surface area contributed by atoms with Gasteiger partial charge in [-0.2, -0.15) is 5.10 Å². The van der Waals surface area contributed by atoms with Crippen LogP contribution in [0.4, 0.5) is 0 Å². The summed E-state index contributed by atoms with van der Waals surface area (Å²) in [6, 6.07) is 7.40. The van der Waals surface area contributed by atoms with E-state index in [1.807, 2.05) is 11.0 Å². The minimum Gasteiger partial charge on any atom is -0.339 e. The van der Waals surface area contributed by atoms with Crippen molar-refractivity contribution in [2.75, 3.05) is 13.1 Å². The Hall–Kier alpha value is -2.19. The number of nitrogens with one attached hydrogen (secondary N) is 1. The van der Waals surface area contributed by atoms with Gasteiger partial charge in [-0.3, -0.25) is 4.79 Å². The van der Waals surface area contributed by atoms with Crippen LogP contribution in [0.3, 0.4) is 0 Å². The van der Waals surface area contributed by atoms with Gasteiger partial charge in [0.25, 0.3) is 0 Å². The largest absolute Gasteiger partial charge is 0.339 e. The third-order valence-electron chi connectivity index (χ3n) is 5.80. The molecule has 8 heteroatoms. The number of carbonyl (C=O) groups is 1. The zero-order valence-electron chi connectivity index (χ0n) is 16.0. The molecule has 0 bridgehead atoms. The minimum atomic E-state index is -3.67. The number of sulfonamides is 1. The van der Waals surface area contributed by atoms with Crippen molar-refractivity contribution in [2.45, 2.75) is 50.0 Å². The molecule has 0 unspecified atom stereocenters. The fraction of sp³-hybridized carbons (Fsp3) is 0.500. The summed E-state index contributed by atoms with van der Waals surface area (Å²) in [6.45, 7) is 2.71. The average molecular weight is 403 g/mol. The summed E-state index contributed by atoms with van der Waals surface area (Å²) >= 11 is 0. The van der Waals surface area contributed by atoms with Crippen molar-refractivity contribution in [1.29, 1.82) is 0 Å². The van der Waals surface area contributed by atoms with Gasteiger partial charge in [0.1, 0.15) is 0 Å². The van der Waals surface area contributed by atoms with Gasteiger partial charge in [-0.05, 0) is 49.4 Å². The Labute approximate surface area is 165 Å². The summed E-state index contributed by atoms with van der Waals surface area (Å²) < 4.78 is 30.2. The lowest BCUT2D eigenvalue weighted by Gasteiger charge is -2.24. The average Bonchev–Trinajstić information content (AvgIpc) is 3.42. The van der Waals surface area contributed by atoms with Gasteiger partial charge in [-0.25, -0.2) is 17.8 Å². The molecule has 1 atom stereocenters. The summed E-state index contributed by atoms with van der Waals surface area (Å²) in [5.74, 6) is 0.186. The van der Waals surface area contributed by atoms with E-state index in [2.05, 4.69) is 9.82 Å². The van der Waals surface area contributed by atoms with E-state index >= 15 is 0 Å². The van der Waals surface area contributed by atoms with Gasteiger partial charge in [0.2, 0.25) is 15.9 Å². The van der Waals surface area contributed by atoms with Crippen LogP contribution in [-0.4, -0.2) is 48.1 Å². The standard InChI is InChI=1S/C20H26N4O3S/c1-15-7-8-18(24-10-4-9-21-24)12-19(15)28(26,27)22-13-16-11-20(25)23(14-16)17-5-2-3-6-17/h4,7-10,12,16-17,22H,2-3,5-6,11,13-14H2,1H3/t16-/m0/s1. The molecule has 0 spiro atoms. The molecule has 2 aromatic rings. The number of hydrogen-bond donors (Lipinski definition) is 1. The summed E-state index contributed by atoms with van der Waals surface area (Å²) in [4.78, 5) is 14.6. The molecule has 28 heavy (non-hydrogen) atoms. The number of aromatic nitrogens is 2. The number of likely N-dealkylation sites (tertiary alicyclic amines) is 1. The van der Waals surface area contributed by atoms with Crippen molar-refractivity contribution >= 4 is 15.9 Å². The number of rotatable bonds is 6. The molecule has 1 aromatic heterocycles. The number of amides is 1. The van der Waals surface area contributed by atoms with Gasteiger partial charge in [-0.15, -0.1) is 0 Å². The topological polar surface area (TPSA) is 84.3 Å². The summed E-state index contributed by atoms with van der Waals surface area (Å²) in [5, 5.41) is 4.16. The highest BCUT2D eigenvalue weighted by atomic mass is 32.2. The number of carbonyl (C=O) groups excluding carboxylic acids is 1. The molecule has 1 saturated heterocycles. The SMILES string of the molecule is Cc1ccc(-n2cccn2)cc1S(=O)(=O)NC[C@@H]1CC(=O)N(C2CCCC2)C1. The molecule has 1 aliphatic heterocycles. The van der Waals surface area contributed by atoms with Crippen molar-refractivity contribution in [3.8, 4) is 5.69 Å². The molecule has 1 aliphatic carbocycles. The maximum Gasteiger partial charge on any atom is 0.240 e. The molecule has 7 nitrogen and oxygen atoms in total. The van der Waals surface area contributed by atoms with Crippen LogP contribution in [0.15, 0.2) is 41.6 Å². The smallest absolute Gasteiger partial charge is 0.240 e. The molecular formula is C20H26N4O3S. The molecule has 1 saturated carbocycles. The summed E-state index contributed by atoms with van der Waals surface area (Å²) in [7, 11) is -3.67. The third-order valence-corrected chi connectivity index (χ3v) is 7.36. The molecule has 4 rings (SSSR count). The number of benzene rings is 1. The Morgan fingerprint density at radius 1 is 1.25 bits per heavy atom. The van der Waals surface area contributed by atoms with E-state index in [0.29, 0.717) is 30.3 Å². The second-order valence-electron chi connectivity index (χ2n) is 7.81. The van der Waals surface area contributed by atoms with Gasteiger partial charge in [0.15, 0.2) is 0 Å². The molecule has 0 radical (unpaired) electrons. The Bertz CT molecular complexity index is 950. The maximum atomic E-state index is 12.9. The first kappa shape index (κ1) is 19.1. The van der Waals surface area contributed by atoms with E-state index in [1.54, 1.807) is 42.2 Å². The maximum absolute atomic E-state index is 12.9. The van der Waals surface area contributed by atoms with Gasteiger partial charge in [0.05, 0.1) is 10.6 Å². The van der Waals surface area contributed by atoms with Gasteiger partial charge < -0.3 is 4.90 Å². The van der Waals surface area contributed by atoms with E-state index in [9.17, 15) is 13.2 Å². The minimum absolute atomic E-state index is 0.0254. The van der Waals surface area contributed by atoms with E-state index in [4.69, 9.17) is 0 Å². The van der Waals surface area contributed by atoms with E-state index in [0.717, 1.165) is 12.8 Å². The van der Waals surface area contributed by atoms with E-state index < -0.39 is 10.0 Å². The van der Waals surface area contributed by atoms with Crippen LogP contribution < -0.4 is 4.72 Å². The van der Waals surface area contributed by atoms with Crippen LogP contribution in [-0.2, 0) is 14.8 Å². The normalized spacial score (nSPS) is 21.0. The van der Waals surface area contributed by atoms with Gasteiger partial charge >= 0.3 is 0 Å². The lowest BCUT2D eigenvalue weighted by atomic mass is 10.1. The first-order chi connectivity index (χ1) is 13.4. The second kappa shape index (κ2) is 7.67. The number of nitrogens with zero attached hydrogens (tertiary/aromatic N) is 3. The Kier molecular flexibility index (Phi) is 5.25. The molecule has 2 fully saturated rings. The lowest BCUT2D eigenvalue weighted by Crippen LogP contribution is -2.36. The predicted octanol–water partition coefficient (Wildman–Crippen LogP) is 2.25. The highest BCUT2D eigenvalue weighted by Crippen LogP contribution is 2.29. The number of aryl methyl sites for hydroxylation is 1. The highest BCUT2D eigenvalue weighted by Gasteiger charge is 2.35. The van der Waals surface area contributed by atoms with Crippen molar-refractivity contribution in [1.82, 2.24) is 19.4 Å². The molecule has 2 aliphatic rings. The fourth-order valence-electron chi connectivity index (χ4n) is 4.26. The predicted molar refractivity (Wildman–Crippen MR) is 106 cm³/mol. The van der Waals surface area contributed by atoms with Crippen molar-refractivity contribution < 1.29 is 13.2 Å². The van der Waals surface area contributed by atoms with Crippen LogP contribution in [0.25, 0.3) is 5.69 Å². The molecule has 150 valence electrons. The van der Waals surface area contributed by atoms with E-state index in [-0.39, 0.29) is 23.3 Å². The molecule has 1 aromatic carbocycles. The molecule has 1 N–H and O–H groups in total. The zero-order chi connectivity index (χ0) is 19.7. The second-order valence-corrected chi connectivity index (χ2v) is 9.54. The molecule has 2 heterocycles. The van der Waals surface area contributed by atoms with Crippen LogP contribution >= 0.6 is 0 Å². The fourth-order valence-corrected chi connectivity index (χ4v) is 5.64. The Morgan fingerprint density at radius 2 is 2.04 bits per heavy atom. The van der Waals surface area contributed by atoms with Gasteiger partial charge in [-0.1, -0.05) is 18.9 Å². The van der Waals surface area contributed by atoms with Crippen molar-refractivity contribution in [3.63, 3.8) is 0 Å². The zero-order valence-corrected chi connectivity index (χ0v) is 16.9. The highest BCUT2D eigenvalue weighted by molar-refractivity contribution is 7.89. The molecule has 1 amide bonds. The van der Waals surface area contributed by atoms with Crippen molar-refractivity contribution in [3.05, 3.63) is 42.2 Å².